The zero-order valence-corrected chi connectivity index (χ0v) is 10.0. The highest BCUT2D eigenvalue weighted by Crippen LogP contribution is 2.17. The summed E-state index contributed by atoms with van der Waals surface area (Å²) in [4.78, 5) is 0. The average molecular weight is 211 g/mol. The number of hydrogen-bond donors (Lipinski definition) is 1. The van der Waals surface area contributed by atoms with E-state index in [1.54, 1.807) is 0 Å². The molecule has 1 aromatic rings. The molecule has 3 nitrogen and oxygen atoms in total. The van der Waals surface area contributed by atoms with E-state index in [4.69, 9.17) is 9.15 Å². The smallest absolute Gasteiger partial charge is 0.123 e. The molecule has 0 aliphatic heterocycles. The molecule has 1 N–H and O–H groups in total. The third-order valence-corrected chi connectivity index (χ3v) is 2.15. The largest absolute Gasteiger partial charge is 0.465 e. The Hall–Kier alpha value is -0.800. The Kier molecular flexibility index (Phi) is 4.85. The number of aryl methyl sites for hydroxylation is 1. The van der Waals surface area contributed by atoms with E-state index in [-0.39, 0.29) is 12.1 Å². The van der Waals surface area contributed by atoms with E-state index in [0.29, 0.717) is 6.61 Å². The Labute approximate surface area is 91.8 Å². The highest BCUT2D eigenvalue weighted by Gasteiger charge is 2.14. The van der Waals surface area contributed by atoms with Crippen molar-refractivity contribution >= 4 is 0 Å². The summed E-state index contributed by atoms with van der Waals surface area (Å²) in [5.74, 6) is 1.90. The highest BCUT2D eigenvalue weighted by molar-refractivity contribution is 5.09. The van der Waals surface area contributed by atoms with Crippen molar-refractivity contribution in [2.45, 2.75) is 39.8 Å². The fraction of sp³-hybridized carbons (Fsp3) is 0.667. The lowest BCUT2D eigenvalue weighted by molar-refractivity contribution is 0.0570. The van der Waals surface area contributed by atoms with Crippen molar-refractivity contribution in [2.75, 3.05) is 13.2 Å². The van der Waals surface area contributed by atoms with E-state index < -0.39 is 0 Å². The van der Waals surface area contributed by atoms with Crippen molar-refractivity contribution in [2.24, 2.45) is 0 Å². The molecule has 1 unspecified atom stereocenters. The van der Waals surface area contributed by atoms with Gasteiger partial charge >= 0.3 is 0 Å². The van der Waals surface area contributed by atoms with Gasteiger partial charge in [-0.15, -0.1) is 0 Å². The van der Waals surface area contributed by atoms with Crippen LogP contribution in [-0.4, -0.2) is 19.3 Å². The minimum absolute atomic E-state index is 0.158. The second-order valence-corrected chi connectivity index (χ2v) is 3.94. The molecule has 1 rings (SSSR count). The second kappa shape index (κ2) is 5.93. The van der Waals surface area contributed by atoms with Gasteiger partial charge in [0.1, 0.15) is 11.5 Å². The maximum Gasteiger partial charge on any atom is 0.123 e. The van der Waals surface area contributed by atoms with Crippen molar-refractivity contribution in [3.05, 3.63) is 23.7 Å². The van der Waals surface area contributed by atoms with Crippen molar-refractivity contribution in [3.8, 4) is 0 Å². The molecular formula is C12H21NO2. The molecule has 0 radical (unpaired) electrons. The van der Waals surface area contributed by atoms with Crippen LogP contribution in [0.2, 0.25) is 0 Å². The van der Waals surface area contributed by atoms with Crippen LogP contribution >= 0.6 is 0 Å². The van der Waals surface area contributed by atoms with Crippen molar-refractivity contribution < 1.29 is 9.15 Å². The molecule has 0 saturated heterocycles. The van der Waals surface area contributed by atoms with Crippen LogP contribution in [0.5, 0.6) is 0 Å². The lowest BCUT2D eigenvalue weighted by Gasteiger charge is -2.17. The van der Waals surface area contributed by atoms with Crippen LogP contribution in [-0.2, 0) is 4.74 Å². The summed E-state index contributed by atoms with van der Waals surface area (Å²) < 4.78 is 11.2. The van der Waals surface area contributed by atoms with Gasteiger partial charge in [0.15, 0.2) is 0 Å². The summed E-state index contributed by atoms with van der Waals surface area (Å²) in [6.45, 7) is 9.67. The number of ether oxygens (including phenoxy) is 1. The Morgan fingerprint density at radius 2 is 2.13 bits per heavy atom. The first-order valence-electron chi connectivity index (χ1n) is 5.54. The monoisotopic (exact) mass is 211 g/mol. The van der Waals surface area contributed by atoms with Crippen molar-refractivity contribution in [1.82, 2.24) is 5.32 Å². The first-order chi connectivity index (χ1) is 7.13. The third kappa shape index (κ3) is 4.06. The maximum atomic E-state index is 5.60. The van der Waals surface area contributed by atoms with Crippen LogP contribution in [0.3, 0.4) is 0 Å². The number of rotatable bonds is 6. The van der Waals surface area contributed by atoms with Gasteiger partial charge in [-0.05, 0) is 39.4 Å². The molecule has 15 heavy (non-hydrogen) atoms. The minimum atomic E-state index is 0.158. The second-order valence-electron chi connectivity index (χ2n) is 3.94. The van der Waals surface area contributed by atoms with E-state index >= 15 is 0 Å². The van der Waals surface area contributed by atoms with Crippen molar-refractivity contribution in [1.29, 1.82) is 0 Å². The number of nitrogens with one attached hydrogen (secondary N) is 1. The fourth-order valence-corrected chi connectivity index (χ4v) is 1.42. The molecule has 1 aromatic heterocycles. The Balaban J connectivity index is 2.57. The molecule has 1 heterocycles. The quantitative estimate of drug-likeness (QED) is 0.785. The molecule has 3 heteroatoms. The number of hydrogen-bond acceptors (Lipinski definition) is 3. The standard InChI is InChI=1S/C12H21NO2/c1-5-13-11(8-14-9(2)3)12-7-6-10(4)15-12/h6-7,9,11,13H,5,8H2,1-4H3. The van der Waals surface area contributed by atoms with E-state index in [2.05, 4.69) is 12.2 Å². The molecule has 1 atom stereocenters. The van der Waals surface area contributed by atoms with Gasteiger partial charge < -0.3 is 14.5 Å². The third-order valence-electron chi connectivity index (χ3n) is 2.15. The minimum Gasteiger partial charge on any atom is -0.465 e. The van der Waals surface area contributed by atoms with Crippen LogP contribution in [0.25, 0.3) is 0 Å². The molecule has 0 aliphatic rings. The molecule has 0 aromatic carbocycles. The Bertz CT molecular complexity index is 281. The summed E-state index contributed by atoms with van der Waals surface area (Å²) >= 11 is 0. The molecule has 86 valence electrons. The van der Waals surface area contributed by atoms with Crippen LogP contribution in [0.4, 0.5) is 0 Å². The summed E-state index contributed by atoms with van der Waals surface area (Å²) in [5, 5.41) is 3.35. The van der Waals surface area contributed by atoms with Gasteiger partial charge in [0.05, 0.1) is 18.8 Å². The van der Waals surface area contributed by atoms with Gasteiger partial charge in [0.2, 0.25) is 0 Å². The summed E-state index contributed by atoms with van der Waals surface area (Å²) in [5.41, 5.74) is 0. The van der Waals surface area contributed by atoms with Gasteiger partial charge in [0.25, 0.3) is 0 Å². The van der Waals surface area contributed by atoms with Gasteiger partial charge in [-0.3, -0.25) is 0 Å². The number of likely N-dealkylation sites (N-methyl/N-ethyl adjacent to an activating group) is 1. The SMILES string of the molecule is CCNC(COC(C)C)c1ccc(C)o1. The molecule has 0 amide bonds. The van der Waals surface area contributed by atoms with Crippen LogP contribution in [0.1, 0.15) is 38.3 Å². The van der Waals surface area contributed by atoms with Gasteiger partial charge in [-0.2, -0.15) is 0 Å². The van der Waals surface area contributed by atoms with E-state index in [9.17, 15) is 0 Å². The maximum absolute atomic E-state index is 5.60. The zero-order chi connectivity index (χ0) is 11.3. The predicted molar refractivity (Wildman–Crippen MR) is 61.0 cm³/mol. The van der Waals surface area contributed by atoms with Gasteiger partial charge in [-0.25, -0.2) is 0 Å². The van der Waals surface area contributed by atoms with Crippen molar-refractivity contribution in [3.63, 3.8) is 0 Å². The first kappa shape index (κ1) is 12.3. The Morgan fingerprint density at radius 3 is 2.60 bits per heavy atom. The normalized spacial score (nSPS) is 13.4. The molecule has 0 bridgehead atoms. The molecule has 0 fully saturated rings. The number of furan rings is 1. The van der Waals surface area contributed by atoms with E-state index in [0.717, 1.165) is 18.1 Å². The van der Waals surface area contributed by atoms with Gasteiger partial charge in [0, 0.05) is 0 Å². The lowest BCUT2D eigenvalue weighted by Crippen LogP contribution is -2.26. The first-order valence-corrected chi connectivity index (χ1v) is 5.54. The predicted octanol–water partition coefficient (Wildman–Crippen LogP) is 2.66. The molecule has 0 spiro atoms. The zero-order valence-electron chi connectivity index (χ0n) is 10.0. The van der Waals surface area contributed by atoms with Crippen LogP contribution in [0, 0.1) is 6.92 Å². The topological polar surface area (TPSA) is 34.4 Å². The molecule has 0 aliphatic carbocycles. The highest BCUT2D eigenvalue weighted by atomic mass is 16.5. The van der Waals surface area contributed by atoms with Crippen LogP contribution < -0.4 is 5.32 Å². The summed E-state index contributed by atoms with van der Waals surface area (Å²) in [7, 11) is 0. The molecular weight excluding hydrogens is 190 g/mol. The fourth-order valence-electron chi connectivity index (χ4n) is 1.42. The summed E-state index contributed by atoms with van der Waals surface area (Å²) in [6.07, 6.45) is 0.252. The van der Waals surface area contributed by atoms with Gasteiger partial charge in [-0.1, -0.05) is 6.92 Å². The average Bonchev–Trinajstić information content (AvgIpc) is 2.59. The molecule has 0 saturated carbocycles. The Morgan fingerprint density at radius 1 is 1.40 bits per heavy atom. The van der Waals surface area contributed by atoms with E-state index in [1.807, 2.05) is 32.9 Å². The van der Waals surface area contributed by atoms with E-state index in [1.165, 1.54) is 0 Å². The lowest BCUT2D eigenvalue weighted by atomic mass is 10.2. The summed E-state index contributed by atoms with van der Waals surface area (Å²) in [6, 6.07) is 4.15. The van der Waals surface area contributed by atoms with Crippen LogP contribution in [0.15, 0.2) is 16.5 Å².